The van der Waals surface area contributed by atoms with Crippen LogP contribution >= 0.6 is 0 Å². The van der Waals surface area contributed by atoms with E-state index in [-0.39, 0.29) is 5.92 Å². The summed E-state index contributed by atoms with van der Waals surface area (Å²) in [5.41, 5.74) is 1.99. The van der Waals surface area contributed by atoms with Crippen molar-refractivity contribution in [3.05, 3.63) is 35.4 Å². The van der Waals surface area contributed by atoms with Crippen molar-refractivity contribution >= 4 is 10.0 Å². The second-order valence-corrected chi connectivity index (χ2v) is 5.59. The molecule has 0 radical (unpaired) electrons. The molecule has 0 amide bonds. The smallest absolute Gasteiger partial charge is 0.216 e. The van der Waals surface area contributed by atoms with Gasteiger partial charge in [-0.15, -0.1) is 0 Å². The summed E-state index contributed by atoms with van der Waals surface area (Å²) in [6, 6.07) is 7.62. The summed E-state index contributed by atoms with van der Waals surface area (Å²) >= 11 is 0. The van der Waals surface area contributed by atoms with Crippen LogP contribution in [0.1, 0.15) is 35.6 Å². The lowest BCUT2D eigenvalue weighted by Crippen LogP contribution is -2.19. The minimum absolute atomic E-state index is 0.287. The molecule has 0 aliphatic heterocycles. The van der Waals surface area contributed by atoms with Gasteiger partial charge in [0.15, 0.2) is 0 Å². The van der Waals surface area contributed by atoms with Crippen molar-refractivity contribution in [2.45, 2.75) is 24.5 Å². The number of hydrogen-bond donors (Lipinski definition) is 1. The highest BCUT2D eigenvalue weighted by Crippen LogP contribution is 2.42. The molecule has 1 aliphatic carbocycles. The predicted octanol–water partition coefficient (Wildman–Crippen LogP) is 1.52. The van der Waals surface area contributed by atoms with Crippen molar-refractivity contribution in [2.75, 3.05) is 0 Å². The van der Waals surface area contributed by atoms with Crippen LogP contribution in [0.2, 0.25) is 0 Å². The Labute approximate surface area is 84.0 Å². The summed E-state index contributed by atoms with van der Waals surface area (Å²) in [6.07, 6.45) is 0.609. The number of nitrogens with two attached hydrogens (primary N) is 1. The molecule has 1 aromatic carbocycles. The van der Waals surface area contributed by atoms with E-state index in [9.17, 15) is 8.42 Å². The number of sulfonamides is 1. The third-order valence-corrected chi connectivity index (χ3v) is 4.08. The second-order valence-electron chi connectivity index (χ2n) is 3.84. The summed E-state index contributed by atoms with van der Waals surface area (Å²) in [5.74, 6) is 0.287. The first kappa shape index (κ1) is 9.68. The van der Waals surface area contributed by atoms with E-state index in [1.807, 2.05) is 31.2 Å². The molecular weight excluding hydrogens is 198 g/mol. The molecule has 3 nitrogen and oxygen atoms in total. The van der Waals surface area contributed by atoms with Crippen LogP contribution in [0.25, 0.3) is 0 Å². The molecular formula is C10H13NO2S. The standard InChI is InChI=1S/C10H13NO2S/c1-7-6-10(14(11,12)13)9-5-3-2-4-8(7)9/h2-5,7,10H,6H2,1H3,(H2,11,12,13). The van der Waals surface area contributed by atoms with Gasteiger partial charge in [0, 0.05) is 0 Å². The van der Waals surface area contributed by atoms with Crippen LogP contribution < -0.4 is 5.14 Å². The van der Waals surface area contributed by atoms with Gasteiger partial charge in [-0.25, -0.2) is 13.6 Å². The topological polar surface area (TPSA) is 60.2 Å². The average molecular weight is 211 g/mol. The van der Waals surface area contributed by atoms with Gasteiger partial charge < -0.3 is 0 Å². The molecule has 4 heteroatoms. The van der Waals surface area contributed by atoms with Crippen LogP contribution in [0.15, 0.2) is 24.3 Å². The first-order chi connectivity index (χ1) is 6.50. The van der Waals surface area contributed by atoms with Crippen molar-refractivity contribution < 1.29 is 8.42 Å². The van der Waals surface area contributed by atoms with Gasteiger partial charge in [-0.1, -0.05) is 31.2 Å². The van der Waals surface area contributed by atoms with Crippen molar-refractivity contribution in [1.82, 2.24) is 0 Å². The van der Waals surface area contributed by atoms with Gasteiger partial charge in [0.1, 0.15) is 5.25 Å². The molecule has 0 aromatic heterocycles. The van der Waals surface area contributed by atoms with Gasteiger partial charge in [-0.3, -0.25) is 0 Å². The summed E-state index contributed by atoms with van der Waals surface area (Å²) in [6.45, 7) is 2.03. The molecule has 0 bridgehead atoms. The number of fused-ring (bicyclic) bond motifs is 1. The van der Waals surface area contributed by atoms with Crippen molar-refractivity contribution in [3.8, 4) is 0 Å². The van der Waals surface area contributed by atoms with Gasteiger partial charge in [-0.2, -0.15) is 0 Å². The molecule has 0 heterocycles. The zero-order valence-corrected chi connectivity index (χ0v) is 8.79. The largest absolute Gasteiger partial charge is 0.228 e. The van der Waals surface area contributed by atoms with Gasteiger partial charge in [0.2, 0.25) is 10.0 Å². The zero-order chi connectivity index (χ0) is 10.3. The average Bonchev–Trinajstić information content (AvgIpc) is 2.44. The highest BCUT2D eigenvalue weighted by molar-refractivity contribution is 7.89. The lowest BCUT2D eigenvalue weighted by molar-refractivity contribution is 0.576. The quantitative estimate of drug-likeness (QED) is 0.765. The molecule has 0 saturated carbocycles. The molecule has 0 spiro atoms. The Kier molecular flexibility index (Phi) is 2.12. The number of primary sulfonamides is 1. The molecule has 0 fully saturated rings. The van der Waals surface area contributed by atoms with Crippen molar-refractivity contribution in [1.29, 1.82) is 0 Å². The SMILES string of the molecule is CC1CC(S(N)(=O)=O)c2ccccc21. The Hall–Kier alpha value is -0.870. The number of hydrogen-bond acceptors (Lipinski definition) is 2. The van der Waals surface area contributed by atoms with Gasteiger partial charge in [-0.05, 0) is 23.5 Å². The van der Waals surface area contributed by atoms with Crippen LogP contribution in [0.4, 0.5) is 0 Å². The van der Waals surface area contributed by atoms with Crippen LogP contribution in [0.5, 0.6) is 0 Å². The zero-order valence-electron chi connectivity index (χ0n) is 7.97. The van der Waals surface area contributed by atoms with Gasteiger partial charge >= 0.3 is 0 Å². The maximum atomic E-state index is 11.3. The van der Waals surface area contributed by atoms with Crippen LogP contribution in [-0.2, 0) is 10.0 Å². The fourth-order valence-electron chi connectivity index (χ4n) is 2.14. The van der Waals surface area contributed by atoms with E-state index >= 15 is 0 Å². The Bertz CT molecular complexity index is 453. The Morgan fingerprint density at radius 3 is 2.43 bits per heavy atom. The Morgan fingerprint density at radius 2 is 1.86 bits per heavy atom. The highest BCUT2D eigenvalue weighted by atomic mass is 32.2. The molecule has 2 rings (SSSR count). The lowest BCUT2D eigenvalue weighted by Gasteiger charge is -2.07. The van der Waals surface area contributed by atoms with E-state index < -0.39 is 15.3 Å². The molecule has 1 aromatic rings. The van der Waals surface area contributed by atoms with E-state index in [0.717, 1.165) is 11.1 Å². The summed E-state index contributed by atoms with van der Waals surface area (Å²) in [5, 5.41) is 4.68. The summed E-state index contributed by atoms with van der Waals surface area (Å²) < 4.78 is 22.6. The van der Waals surface area contributed by atoms with Crippen LogP contribution in [-0.4, -0.2) is 8.42 Å². The summed E-state index contributed by atoms with van der Waals surface area (Å²) in [4.78, 5) is 0. The van der Waals surface area contributed by atoms with E-state index in [2.05, 4.69) is 0 Å². The Balaban J connectivity index is 2.55. The van der Waals surface area contributed by atoms with Crippen LogP contribution in [0.3, 0.4) is 0 Å². The summed E-state index contributed by atoms with van der Waals surface area (Å²) in [7, 11) is -3.45. The predicted molar refractivity (Wildman–Crippen MR) is 55.3 cm³/mol. The molecule has 0 saturated heterocycles. The van der Waals surface area contributed by atoms with E-state index in [0.29, 0.717) is 6.42 Å². The highest BCUT2D eigenvalue weighted by Gasteiger charge is 2.34. The minimum Gasteiger partial charge on any atom is -0.228 e. The van der Waals surface area contributed by atoms with Crippen molar-refractivity contribution in [3.63, 3.8) is 0 Å². The molecule has 2 unspecified atom stereocenters. The monoisotopic (exact) mass is 211 g/mol. The molecule has 2 N–H and O–H groups in total. The lowest BCUT2D eigenvalue weighted by atomic mass is 10.0. The molecule has 14 heavy (non-hydrogen) atoms. The fourth-order valence-corrected chi connectivity index (χ4v) is 3.26. The van der Waals surface area contributed by atoms with E-state index in [1.54, 1.807) is 0 Å². The molecule has 2 atom stereocenters. The number of benzene rings is 1. The normalized spacial score (nSPS) is 26.1. The van der Waals surface area contributed by atoms with Crippen LogP contribution in [0, 0.1) is 0 Å². The fraction of sp³-hybridized carbons (Fsp3) is 0.400. The van der Waals surface area contributed by atoms with E-state index in [1.165, 1.54) is 0 Å². The Morgan fingerprint density at radius 1 is 1.29 bits per heavy atom. The number of rotatable bonds is 1. The molecule has 1 aliphatic rings. The van der Waals surface area contributed by atoms with Crippen molar-refractivity contribution in [2.24, 2.45) is 5.14 Å². The third kappa shape index (κ3) is 1.44. The second kappa shape index (κ2) is 3.07. The third-order valence-electron chi connectivity index (χ3n) is 2.84. The van der Waals surface area contributed by atoms with Gasteiger partial charge in [0.05, 0.1) is 0 Å². The first-order valence-electron chi connectivity index (χ1n) is 4.60. The minimum atomic E-state index is -3.45. The maximum Gasteiger partial charge on any atom is 0.216 e. The van der Waals surface area contributed by atoms with E-state index in [4.69, 9.17) is 5.14 Å². The maximum absolute atomic E-state index is 11.3. The van der Waals surface area contributed by atoms with Gasteiger partial charge in [0.25, 0.3) is 0 Å². The first-order valence-corrected chi connectivity index (χ1v) is 6.21. The molecule has 76 valence electrons.